The molecule has 78 valence electrons. The zero-order valence-electron chi connectivity index (χ0n) is 8.80. The summed E-state index contributed by atoms with van der Waals surface area (Å²) in [7, 11) is 1.67. The molecule has 14 heavy (non-hydrogen) atoms. The van der Waals surface area contributed by atoms with Gasteiger partial charge in [-0.25, -0.2) is 0 Å². The van der Waals surface area contributed by atoms with Gasteiger partial charge in [-0.05, 0) is 42.6 Å². The van der Waals surface area contributed by atoms with Crippen LogP contribution in [0.1, 0.15) is 24.0 Å². The number of halogens is 1. The molecule has 2 N–H and O–H groups in total. The third kappa shape index (κ3) is 2.20. The number of hydrogen-bond donors (Lipinski definition) is 1. The molecule has 0 saturated heterocycles. The van der Waals surface area contributed by atoms with Crippen molar-refractivity contribution < 1.29 is 4.74 Å². The third-order valence-electron chi connectivity index (χ3n) is 2.36. The zero-order chi connectivity index (χ0) is 10.7. The molecule has 0 amide bonds. The number of rotatable bonds is 3. The standard InChI is InChI=1S/C11H16ClNO/c1-7-4-9(12)5-10(8(2)6-13)11(7)14-3/h4-5,8H,6,13H2,1-3H3. The minimum absolute atomic E-state index is 0.266. The summed E-state index contributed by atoms with van der Waals surface area (Å²) < 4.78 is 5.34. The van der Waals surface area contributed by atoms with Crippen molar-refractivity contribution in [3.8, 4) is 5.75 Å². The van der Waals surface area contributed by atoms with Crippen molar-refractivity contribution in [2.24, 2.45) is 5.73 Å². The van der Waals surface area contributed by atoms with E-state index in [4.69, 9.17) is 22.1 Å². The van der Waals surface area contributed by atoms with E-state index in [2.05, 4.69) is 6.92 Å². The summed E-state index contributed by atoms with van der Waals surface area (Å²) in [6.45, 7) is 4.64. The first kappa shape index (κ1) is 11.3. The fourth-order valence-corrected chi connectivity index (χ4v) is 1.81. The largest absolute Gasteiger partial charge is 0.496 e. The molecule has 0 spiro atoms. The average molecular weight is 214 g/mol. The van der Waals surface area contributed by atoms with Crippen LogP contribution in [0.5, 0.6) is 5.75 Å². The highest BCUT2D eigenvalue weighted by molar-refractivity contribution is 6.30. The van der Waals surface area contributed by atoms with Crippen LogP contribution in [-0.2, 0) is 0 Å². The minimum Gasteiger partial charge on any atom is -0.496 e. The number of benzene rings is 1. The molecule has 0 aromatic heterocycles. The van der Waals surface area contributed by atoms with Crippen LogP contribution in [-0.4, -0.2) is 13.7 Å². The molecule has 1 aromatic rings. The Kier molecular flexibility index (Phi) is 3.78. The predicted octanol–water partition coefficient (Wildman–Crippen LogP) is 2.72. The molecule has 0 saturated carbocycles. The first-order valence-electron chi connectivity index (χ1n) is 4.64. The molecule has 0 aliphatic carbocycles. The Hall–Kier alpha value is -0.730. The molecule has 1 aromatic carbocycles. The van der Waals surface area contributed by atoms with E-state index in [0.29, 0.717) is 6.54 Å². The molecule has 1 rings (SSSR count). The number of aryl methyl sites for hydroxylation is 1. The van der Waals surface area contributed by atoms with E-state index < -0.39 is 0 Å². The van der Waals surface area contributed by atoms with Crippen LogP contribution in [0.2, 0.25) is 5.02 Å². The molecular weight excluding hydrogens is 198 g/mol. The van der Waals surface area contributed by atoms with Crippen LogP contribution in [0.4, 0.5) is 0 Å². The quantitative estimate of drug-likeness (QED) is 0.838. The first-order valence-corrected chi connectivity index (χ1v) is 5.02. The first-order chi connectivity index (χ1) is 6.60. The molecule has 0 fully saturated rings. The molecular formula is C11H16ClNO. The Bertz CT molecular complexity index is 325. The highest BCUT2D eigenvalue weighted by Crippen LogP contribution is 2.32. The summed E-state index contributed by atoms with van der Waals surface area (Å²) in [4.78, 5) is 0. The third-order valence-corrected chi connectivity index (χ3v) is 2.57. The lowest BCUT2D eigenvalue weighted by Crippen LogP contribution is -2.10. The second-order valence-corrected chi connectivity index (χ2v) is 3.92. The van der Waals surface area contributed by atoms with Gasteiger partial charge in [-0.2, -0.15) is 0 Å². The van der Waals surface area contributed by atoms with Crippen molar-refractivity contribution in [2.75, 3.05) is 13.7 Å². The fraction of sp³-hybridized carbons (Fsp3) is 0.455. The second kappa shape index (κ2) is 4.67. The Balaban J connectivity index is 3.24. The van der Waals surface area contributed by atoms with Gasteiger partial charge in [-0.3, -0.25) is 0 Å². The van der Waals surface area contributed by atoms with Crippen molar-refractivity contribution in [2.45, 2.75) is 19.8 Å². The smallest absolute Gasteiger partial charge is 0.125 e. The van der Waals surface area contributed by atoms with Gasteiger partial charge in [0.15, 0.2) is 0 Å². The molecule has 1 atom stereocenters. The van der Waals surface area contributed by atoms with E-state index >= 15 is 0 Å². The van der Waals surface area contributed by atoms with E-state index in [0.717, 1.165) is 21.9 Å². The Labute approximate surface area is 90.0 Å². The van der Waals surface area contributed by atoms with Crippen LogP contribution in [0.15, 0.2) is 12.1 Å². The van der Waals surface area contributed by atoms with Crippen LogP contribution >= 0.6 is 11.6 Å². The second-order valence-electron chi connectivity index (χ2n) is 3.48. The summed E-state index contributed by atoms with van der Waals surface area (Å²) in [5.74, 6) is 1.16. The van der Waals surface area contributed by atoms with Crippen molar-refractivity contribution in [1.82, 2.24) is 0 Å². The average Bonchev–Trinajstić information content (AvgIpc) is 2.15. The van der Waals surface area contributed by atoms with Crippen molar-refractivity contribution >= 4 is 11.6 Å². The maximum atomic E-state index is 5.98. The Morgan fingerprint density at radius 3 is 2.64 bits per heavy atom. The van der Waals surface area contributed by atoms with Gasteiger partial charge in [0.25, 0.3) is 0 Å². The van der Waals surface area contributed by atoms with Crippen LogP contribution in [0.3, 0.4) is 0 Å². The lowest BCUT2D eigenvalue weighted by molar-refractivity contribution is 0.403. The molecule has 0 aliphatic rings. The van der Waals surface area contributed by atoms with Gasteiger partial charge in [-0.1, -0.05) is 18.5 Å². The van der Waals surface area contributed by atoms with Crippen molar-refractivity contribution in [1.29, 1.82) is 0 Å². The molecule has 2 nitrogen and oxygen atoms in total. The van der Waals surface area contributed by atoms with Gasteiger partial charge in [-0.15, -0.1) is 0 Å². The number of ether oxygens (including phenoxy) is 1. The summed E-state index contributed by atoms with van der Waals surface area (Å²) >= 11 is 5.98. The summed E-state index contributed by atoms with van der Waals surface area (Å²) in [5, 5.41) is 0.735. The molecule has 0 radical (unpaired) electrons. The van der Waals surface area contributed by atoms with E-state index in [1.807, 2.05) is 19.1 Å². The Morgan fingerprint density at radius 2 is 2.14 bits per heavy atom. The van der Waals surface area contributed by atoms with Gasteiger partial charge in [0.2, 0.25) is 0 Å². The number of methoxy groups -OCH3 is 1. The SMILES string of the molecule is COc1c(C)cc(Cl)cc1C(C)CN. The van der Waals surface area contributed by atoms with E-state index in [-0.39, 0.29) is 5.92 Å². The number of nitrogens with two attached hydrogens (primary N) is 1. The summed E-state index contributed by atoms with van der Waals surface area (Å²) in [6, 6.07) is 3.82. The monoisotopic (exact) mass is 213 g/mol. The normalized spacial score (nSPS) is 12.6. The van der Waals surface area contributed by atoms with E-state index in [9.17, 15) is 0 Å². The van der Waals surface area contributed by atoms with Crippen molar-refractivity contribution in [3.05, 3.63) is 28.3 Å². The van der Waals surface area contributed by atoms with Crippen molar-refractivity contribution in [3.63, 3.8) is 0 Å². The molecule has 0 bridgehead atoms. The van der Waals surface area contributed by atoms with Gasteiger partial charge in [0.05, 0.1) is 7.11 Å². The lowest BCUT2D eigenvalue weighted by atomic mass is 9.98. The molecule has 3 heteroatoms. The van der Waals surface area contributed by atoms with Crippen LogP contribution in [0, 0.1) is 6.92 Å². The van der Waals surface area contributed by atoms with Crippen LogP contribution in [0.25, 0.3) is 0 Å². The fourth-order valence-electron chi connectivity index (χ4n) is 1.53. The number of hydrogen-bond acceptors (Lipinski definition) is 2. The molecule has 1 unspecified atom stereocenters. The van der Waals surface area contributed by atoms with Gasteiger partial charge >= 0.3 is 0 Å². The highest BCUT2D eigenvalue weighted by atomic mass is 35.5. The summed E-state index contributed by atoms with van der Waals surface area (Å²) in [5.41, 5.74) is 7.76. The van der Waals surface area contributed by atoms with Crippen LogP contribution < -0.4 is 10.5 Å². The zero-order valence-corrected chi connectivity index (χ0v) is 9.56. The highest BCUT2D eigenvalue weighted by Gasteiger charge is 2.13. The topological polar surface area (TPSA) is 35.2 Å². The van der Waals surface area contributed by atoms with Gasteiger partial charge < -0.3 is 10.5 Å². The maximum Gasteiger partial charge on any atom is 0.125 e. The summed E-state index contributed by atoms with van der Waals surface area (Å²) in [6.07, 6.45) is 0. The lowest BCUT2D eigenvalue weighted by Gasteiger charge is -2.16. The molecule has 0 aliphatic heterocycles. The predicted molar refractivity (Wildman–Crippen MR) is 60.2 cm³/mol. The molecule has 0 heterocycles. The minimum atomic E-state index is 0.266. The van der Waals surface area contributed by atoms with E-state index in [1.165, 1.54) is 0 Å². The van der Waals surface area contributed by atoms with E-state index in [1.54, 1.807) is 7.11 Å². The Morgan fingerprint density at radius 1 is 1.50 bits per heavy atom. The maximum absolute atomic E-state index is 5.98. The van der Waals surface area contributed by atoms with Gasteiger partial charge in [0, 0.05) is 5.02 Å². The van der Waals surface area contributed by atoms with Gasteiger partial charge in [0.1, 0.15) is 5.75 Å².